The first-order chi connectivity index (χ1) is 6.96. The van der Waals surface area contributed by atoms with Crippen molar-refractivity contribution in [2.24, 2.45) is 26.1 Å². The van der Waals surface area contributed by atoms with Gasteiger partial charge >= 0.3 is 12.1 Å². The SMILES string of the molecule is CC(C)(C)C1(C(F)(F)C(F)(F)F)N=NN=N1. The quantitative estimate of drug-likeness (QED) is 0.630. The summed E-state index contributed by atoms with van der Waals surface area (Å²) in [6, 6.07) is 0. The van der Waals surface area contributed by atoms with Gasteiger partial charge in [-0.15, -0.1) is 10.2 Å². The first-order valence-corrected chi connectivity index (χ1v) is 4.24. The molecule has 0 atom stereocenters. The predicted octanol–water partition coefficient (Wildman–Crippen LogP) is 3.76. The van der Waals surface area contributed by atoms with E-state index in [9.17, 15) is 22.0 Å². The maximum Gasteiger partial charge on any atom is 0.458 e. The van der Waals surface area contributed by atoms with Crippen molar-refractivity contribution in [3.63, 3.8) is 0 Å². The molecule has 0 aromatic rings. The minimum atomic E-state index is -5.76. The molecule has 1 rings (SSSR count). The molecule has 0 fully saturated rings. The lowest BCUT2D eigenvalue weighted by atomic mass is 9.77. The van der Waals surface area contributed by atoms with Gasteiger partial charge in [0.1, 0.15) is 0 Å². The molecule has 1 heterocycles. The van der Waals surface area contributed by atoms with Crippen LogP contribution in [-0.4, -0.2) is 17.8 Å². The van der Waals surface area contributed by atoms with Crippen LogP contribution in [0.5, 0.6) is 0 Å². The third-order valence-corrected chi connectivity index (χ3v) is 2.26. The van der Waals surface area contributed by atoms with Gasteiger partial charge < -0.3 is 0 Å². The van der Waals surface area contributed by atoms with Gasteiger partial charge in [-0.2, -0.15) is 22.0 Å². The molecular weight excluding hydrogens is 235 g/mol. The van der Waals surface area contributed by atoms with Crippen LogP contribution < -0.4 is 0 Å². The Morgan fingerprint density at radius 1 is 0.812 bits per heavy atom. The third kappa shape index (κ3) is 1.49. The van der Waals surface area contributed by atoms with Crippen molar-refractivity contribution in [2.45, 2.75) is 38.5 Å². The van der Waals surface area contributed by atoms with Gasteiger partial charge in [0.25, 0.3) is 5.66 Å². The van der Waals surface area contributed by atoms with E-state index in [0.29, 0.717) is 0 Å². The van der Waals surface area contributed by atoms with Crippen molar-refractivity contribution in [3.8, 4) is 0 Å². The molecule has 16 heavy (non-hydrogen) atoms. The number of hydrogen-bond donors (Lipinski definition) is 0. The van der Waals surface area contributed by atoms with Crippen LogP contribution in [0.15, 0.2) is 20.7 Å². The van der Waals surface area contributed by atoms with Crippen LogP contribution in [0.1, 0.15) is 20.8 Å². The summed E-state index contributed by atoms with van der Waals surface area (Å²) < 4.78 is 63.6. The van der Waals surface area contributed by atoms with Gasteiger partial charge in [-0.1, -0.05) is 20.8 Å². The minimum Gasteiger partial charge on any atom is -0.191 e. The Hall–Kier alpha value is -1.15. The number of nitrogens with zero attached hydrogens (tertiary/aromatic N) is 4. The molecule has 1 aliphatic rings. The molecule has 0 saturated heterocycles. The Bertz CT molecular complexity index is 326. The Morgan fingerprint density at radius 3 is 1.44 bits per heavy atom. The van der Waals surface area contributed by atoms with E-state index in [-0.39, 0.29) is 0 Å². The highest BCUT2D eigenvalue weighted by Gasteiger charge is 2.76. The van der Waals surface area contributed by atoms with Gasteiger partial charge in [-0.25, -0.2) is 0 Å². The van der Waals surface area contributed by atoms with Gasteiger partial charge in [-0.3, -0.25) is 0 Å². The summed E-state index contributed by atoms with van der Waals surface area (Å²) in [4.78, 5) is 0. The highest BCUT2D eigenvalue weighted by atomic mass is 19.4. The van der Waals surface area contributed by atoms with E-state index in [1.807, 2.05) is 0 Å². The maximum atomic E-state index is 13.4. The molecule has 4 nitrogen and oxygen atoms in total. The maximum absolute atomic E-state index is 13.4. The van der Waals surface area contributed by atoms with Gasteiger partial charge in [0.2, 0.25) is 0 Å². The second-order valence-electron chi connectivity index (χ2n) is 4.37. The van der Waals surface area contributed by atoms with Crippen molar-refractivity contribution in [1.82, 2.24) is 0 Å². The third-order valence-electron chi connectivity index (χ3n) is 2.26. The number of rotatable bonds is 1. The highest BCUT2D eigenvalue weighted by Crippen LogP contribution is 2.55. The standard InChI is InChI=1S/C7H9F5N4/c1-4(2,3)6(13-15-16-14-6)5(8,9)7(10,11)12/h1-3H3. The average Bonchev–Trinajstić information content (AvgIpc) is 2.48. The van der Waals surface area contributed by atoms with Crippen molar-refractivity contribution >= 4 is 0 Å². The van der Waals surface area contributed by atoms with Crippen LogP contribution in [0.4, 0.5) is 22.0 Å². The summed E-state index contributed by atoms with van der Waals surface area (Å²) in [5.74, 6) is -5.12. The predicted molar refractivity (Wildman–Crippen MR) is 42.9 cm³/mol. The zero-order valence-electron chi connectivity index (χ0n) is 8.68. The summed E-state index contributed by atoms with van der Waals surface area (Å²) in [6.45, 7) is 3.49. The summed E-state index contributed by atoms with van der Waals surface area (Å²) >= 11 is 0. The first-order valence-electron chi connectivity index (χ1n) is 4.24. The second kappa shape index (κ2) is 3.17. The number of halogens is 5. The lowest BCUT2D eigenvalue weighted by Gasteiger charge is -2.39. The van der Waals surface area contributed by atoms with Crippen LogP contribution in [0.25, 0.3) is 0 Å². The summed E-state index contributed by atoms with van der Waals surface area (Å²) in [5.41, 5.74) is -4.60. The van der Waals surface area contributed by atoms with Gasteiger partial charge in [0.15, 0.2) is 0 Å². The van der Waals surface area contributed by atoms with Crippen molar-refractivity contribution in [3.05, 3.63) is 0 Å². The molecule has 0 saturated carbocycles. The van der Waals surface area contributed by atoms with E-state index in [4.69, 9.17) is 0 Å². The van der Waals surface area contributed by atoms with E-state index in [1.165, 1.54) is 0 Å². The van der Waals surface area contributed by atoms with Crippen LogP contribution in [0.2, 0.25) is 0 Å². The van der Waals surface area contributed by atoms with Gasteiger partial charge in [0, 0.05) is 5.41 Å². The Balaban J connectivity index is 3.36. The molecule has 0 aromatic heterocycles. The van der Waals surface area contributed by atoms with E-state index >= 15 is 0 Å². The topological polar surface area (TPSA) is 49.4 Å². The van der Waals surface area contributed by atoms with Crippen molar-refractivity contribution in [2.75, 3.05) is 0 Å². The molecule has 0 spiro atoms. The van der Waals surface area contributed by atoms with Crippen LogP contribution in [0, 0.1) is 5.41 Å². The molecule has 1 aliphatic heterocycles. The molecule has 0 bridgehead atoms. The van der Waals surface area contributed by atoms with E-state index in [1.54, 1.807) is 0 Å². The average molecular weight is 244 g/mol. The molecule has 9 heteroatoms. The zero-order valence-corrected chi connectivity index (χ0v) is 8.68. The molecule has 0 aliphatic carbocycles. The Labute approximate surface area is 87.6 Å². The summed E-state index contributed by atoms with van der Waals surface area (Å²) in [7, 11) is 0. The normalized spacial score (nSPS) is 20.5. The van der Waals surface area contributed by atoms with E-state index in [0.717, 1.165) is 20.8 Å². The minimum absolute atomic E-state index is 1.16. The number of hydrogen-bond acceptors (Lipinski definition) is 4. The molecule has 0 aromatic carbocycles. The van der Waals surface area contributed by atoms with Crippen molar-refractivity contribution < 1.29 is 22.0 Å². The Kier molecular flexibility index (Phi) is 2.56. The first kappa shape index (κ1) is 12.9. The molecule has 0 amide bonds. The van der Waals surface area contributed by atoms with Crippen molar-refractivity contribution in [1.29, 1.82) is 0 Å². The summed E-state index contributed by atoms with van der Waals surface area (Å²) in [5, 5.41) is 11.4. The Morgan fingerprint density at radius 2 is 1.19 bits per heavy atom. The monoisotopic (exact) mass is 244 g/mol. The largest absolute Gasteiger partial charge is 0.458 e. The molecule has 0 unspecified atom stereocenters. The van der Waals surface area contributed by atoms with Gasteiger partial charge in [0.05, 0.1) is 0 Å². The fraction of sp³-hybridized carbons (Fsp3) is 1.00. The fourth-order valence-electron chi connectivity index (χ4n) is 1.28. The molecule has 92 valence electrons. The number of alkyl halides is 5. The lowest BCUT2D eigenvalue weighted by molar-refractivity contribution is -0.317. The second-order valence-corrected chi connectivity index (χ2v) is 4.37. The van der Waals surface area contributed by atoms with Crippen LogP contribution in [0.3, 0.4) is 0 Å². The molecule has 0 radical (unpaired) electrons. The smallest absolute Gasteiger partial charge is 0.191 e. The highest BCUT2D eigenvalue weighted by molar-refractivity contribution is 5.09. The molecular formula is C7H9F5N4. The van der Waals surface area contributed by atoms with E-state index in [2.05, 4.69) is 20.7 Å². The lowest BCUT2D eigenvalue weighted by Crippen LogP contribution is -2.60. The molecule has 0 N–H and O–H groups in total. The van der Waals surface area contributed by atoms with Crippen LogP contribution in [-0.2, 0) is 0 Å². The van der Waals surface area contributed by atoms with E-state index < -0.39 is 23.2 Å². The van der Waals surface area contributed by atoms with Crippen LogP contribution >= 0.6 is 0 Å². The summed E-state index contributed by atoms with van der Waals surface area (Å²) in [6.07, 6.45) is -5.76. The van der Waals surface area contributed by atoms with Gasteiger partial charge in [-0.05, 0) is 10.4 Å². The zero-order chi connectivity index (χ0) is 12.8. The fourth-order valence-corrected chi connectivity index (χ4v) is 1.28.